The van der Waals surface area contributed by atoms with E-state index in [0.717, 1.165) is 85.0 Å². The highest BCUT2D eigenvalue weighted by atomic mass is 16.5. The minimum atomic E-state index is -0.569. The number of anilines is 2. The summed E-state index contributed by atoms with van der Waals surface area (Å²) in [4.78, 5) is 41.0. The Kier molecular flexibility index (Phi) is 5.84. The molecule has 1 spiro atoms. The average molecular weight is 486 g/mol. The number of carbonyl (C=O) groups is 1. The van der Waals surface area contributed by atoms with E-state index in [1.54, 1.807) is 6.20 Å². The summed E-state index contributed by atoms with van der Waals surface area (Å²) in [6.07, 6.45) is 9.28. The van der Waals surface area contributed by atoms with Gasteiger partial charge in [-0.25, -0.2) is 4.98 Å². The molecule has 3 aliphatic rings. The third-order valence-corrected chi connectivity index (χ3v) is 7.94. The highest BCUT2D eigenvalue weighted by Crippen LogP contribution is 2.49. The summed E-state index contributed by atoms with van der Waals surface area (Å²) >= 11 is 0. The van der Waals surface area contributed by atoms with Crippen LogP contribution < -0.4 is 15.4 Å². The molecule has 36 heavy (non-hydrogen) atoms. The van der Waals surface area contributed by atoms with Crippen LogP contribution in [0.2, 0.25) is 0 Å². The summed E-state index contributed by atoms with van der Waals surface area (Å²) in [5.41, 5.74) is 5.53. The molecule has 186 valence electrons. The van der Waals surface area contributed by atoms with E-state index in [9.17, 15) is 9.59 Å². The van der Waals surface area contributed by atoms with Gasteiger partial charge in [0.2, 0.25) is 5.95 Å². The van der Waals surface area contributed by atoms with Crippen LogP contribution in [0, 0.1) is 0 Å². The van der Waals surface area contributed by atoms with E-state index >= 15 is 0 Å². The molecule has 1 N–H and O–H groups in total. The van der Waals surface area contributed by atoms with Crippen molar-refractivity contribution in [2.45, 2.75) is 56.8 Å². The van der Waals surface area contributed by atoms with Crippen LogP contribution in [-0.2, 0) is 34.5 Å². The summed E-state index contributed by atoms with van der Waals surface area (Å²) in [5.74, 6) is 0.660. The minimum absolute atomic E-state index is 0.00130. The number of aromatic nitrogens is 3. The van der Waals surface area contributed by atoms with Crippen molar-refractivity contribution in [1.29, 1.82) is 0 Å². The number of aldehydes is 1. The van der Waals surface area contributed by atoms with Crippen molar-refractivity contribution in [3.63, 3.8) is 0 Å². The number of benzene rings is 1. The number of piperidine rings is 1. The second kappa shape index (κ2) is 9.17. The van der Waals surface area contributed by atoms with E-state index in [1.807, 2.05) is 19.3 Å². The van der Waals surface area contributed by atoms with E-state index in [2.05, 4.69) is 44.0 Å². The van der Waals surface area contributed by atoms with Gasteiger partial charge in [-0.2, -0.15) is 0 Å². The molecule has 1 aromatic carbocycles. The number of aryl methyl sites for hydroxylation is 1. The zero-order chi connectivity index (χ0) is 24.7. The lowest BCUT2D eigenvalue weighted by Crippen LogP contribution is -2.44. The molecule has 1 fully saturated rings. The number of nitrogens with one attached hydrogen (secondary N) is 1. The summed E-state index contributed by atoms with van der Waals surface area (Å²) in [7, 11) is 2.04. The van der Waals surface area contributed by atoms with Crippen LogP contribution in [0.15, 0.2) is 47.5 Å². The molecule has 0 radical (unpaired) electrons. The van der Waals surface area contributed by atoms with E-state index in [4.69, 9.17) is 9.72 Å². The molecule has 2 aromatic heterocycles. The van der Waals surface area contributed by atoms with Gasteiger partial charge in [0.05, 0.1) is 11.3 Å². The molecule has 1 saturated heterocycles. The highest BCUT2D eigenvalue weighted by molar-refractivity contribution is 5.67. The van der Waals surface area contributed by atoms with Crippen molar-refractivity contribution in [2.75, 3.05) is 29.9 Å². The van der Waals surface area contributed by atoms with Crippen molar-refractivity contribution in [1.82, 2.24) is 15.0 Å². The second-order valence-corrected chi connectivity index (χ2v) is 10.2. The predicted molar refractivity (Wildman–Crippen MR) is 137 cm³/mol. The topological polar surface area (TPSA) is 91.4 Å². The van der Waals surface area contributed by atoms with Gasteiger partial charge in [-0.3, -0.25) is 14.8 Å². The number of H-pyrrole nitrogens is 1. The first kappa shape index (κ1) is 22.9. The van der Waals surface area contributed by atoms with Crippen LogP contribution in [0.5, 0.6) is 0 Å². The van der Waals surface area contributed by atoms with Crippen molar-refractivity contribution in [3.05, 3.63) is 81.0 Å². The van der Waals surface area contributed by atoms with Gasteiger partial charge < -0.3 is 19.3 Å². The zero-order valence-electron chi connectivity index (χ0n) is 20.6. The van der Waals surface area contributed by atoms with Gasteiger partial charge in [0.15, 0.2) is 6.29 Å². The van der Waals surface area contributed by atoms with Crippen LogP contribution in [0.1, 0.15) is 59.7 Å². The number of ether oxygens (including phenoxy) is 1. The Morgan fingerprint density at radius 2 is 2.06 bits per heavy atom. The summed E-state index contributed by atoms with van der Waals surface area (Å²) in [5, 5.41) is 0. The van der Waals surface area contributed by atoms with E-state index in [-0.39, 0.29) is 5.56 Å². The van der Waals surface area contributed by atoms with Gasteiger partial charge in [-0.05, 0) is 73.4 Å². The van der Waals surface area contributed by atoms with Crippen LogP contribution in [0.4, 0.5) is 11.6 Å². The average Bonchev–Trinajstić information content (AvgIpc) is 3.22. The predicted octanol–water partition coefficient (Wildman–Crippen LogP) is 3.45. The maximum Gasteiger partial charge on any atom is 0.255 e. The lowest BCUT2D eigenvalue weighted by Gasteiger charge is -2.40. The molecule has 2 aliphatic heterocycles. The maximum atomic E-state index is 12.6. The fourth-order valence-electron chi connectivity index (χ4n) is 5.97. The van der Waals surface area contributed by atoms with Crippen molar-refractivity contribution in [3.8, 4) is 0 Å². The summed E-state index contributed by atoms with van der Waals surface area (Å²) in [6.45, 7) is 2.14. The number of hydrogen-bond donors (Lipinski definition) is 1. The van der Waals surface area contributed by atoms with Crippen LogP contribution in [0.3, 0.4) is 0 Å². The molecular formula is C28H31N5O3. The molecule has 4 heterocycles. The Labute approximate surface area is 210 Å². The number of pyridine rings is 1. The van der Waals surface area contributed by atoms with Gasteiger partial charge in [0, 0.05) is 50.3 Å². The van der Waals surface area contributed by atoms with Crippen LogP contribution in [-0.4, -0.2) is 41.4 Å². The lowest BCUT2D eigenvalue weighted by atomic mass is 9.83. The molecule has 8 heteroatoms. The van der Waals surface area contributed by atoms with Gasteiger partial charge in [-0.15, -0.1) is 0 Å². The number of hydrogen-bond acceptors (Lipinski definition) is 7. The fourth-order valence-corrected chi connectivity index (χ4v) is 5.97. The first-order valence-corrected chi connectivity index (χ1v) is 12.8. The number of nitrogens with zero attached hydrogens (tertiary/aromatic N) is 4. The Hall–Kier alpha value is -3.52. The number of rotatable bonds is 5. The molecule has 3 aromatic rings. The summed E-state index contributed by atoms with van der Waals surface area (Å²) < 4.78 is 6.45. The van der Waals surface area contributed by atoms with Gasteiger partial charge in [-0.1, -0.05) is 12.1 Å². The third kappa shape index (κ3) is 3.99. The third-order valence-electron chi connectivity index (χ3n) is 7.94. The normalized spacial score (nSPS) is 20.1. The smallest absolute Gasteiger partial charge is 0.255 e. The van der Waals surface area contributed by atoms with E-state index < -0.39 is 11.7 Å². The number of fused-ring (bicyclic) bond motifs is 3. The van der Waals surface area contributed by atoms with Gasteiger partial charge in [0.1, 0.15) is 6.10 Å². The first-order chi connectivity index (χ1) is 17.6. The van der Waals surface area contributed by atoms with Crippen LogP contribution in [0.25, 0.3) is 0 Å². The summed E-state index contributed by atoms with van der Waals surface area (Å²) in [6, 6.07) is 10.3. The standard InChI is InChI=1S/C28H31N5O3/c1-32(17-19-5-4-12-29-16-19)20-8-9-23-22(15-20)25(18-34)36-28(23)10-13-33(14-11-28)27-30-24-7-3-2-6-21(24)26(35)31-27/h4-5,8-9,12,15-16,18,25H,2-3,6-7,10-11,13-14,17H2,1H3,(H,30,31,35). The quantitative estimate of drug-likeness (QED) is 0.554. The van der Waals surface area contributed by atoms with Crippen molar-refractivity contribution >= 4 is 17.9 Å². The zero-order valence-corrected chi connectivity index (χ0v) is 20.6. The lowest BCUT2D eigenvalue weighted by molar-refractivity contribution is -0.132. The molecule has 1 atom stereocenters. The Bertz CT molecular complexity index is 1330. The maximum absolute atomic E-state index is 12.6. The molecule has 0 saturated carbocycles. The fraction of sp³-hybridized carbons (Fsp3) is 0.429. The second-order valence-electron chi connectivity index (χ2n) is 10.2. The van der Waals surface area contributed by atoms with E-state index in [1.165, 1.54) is 0 Å². The molecule has 1 unspecified atom stereocenters. The largest absolute Gasteiger partial charge is 0.370 e. The molecule has 1 aliphatic carbocycles. The van der Waals surface area contributed by atoms with Gasteiger partial charge >= 0.3 is 0 Å². The van der Waals surface area contributed by atoms with E-state index in [0.29, 0.717) is 19.0 Å². The van der Waals surface area contributed by atoms with Crippen molar-refractivity contribution in [2.24, 2.45) is 0 Å². The number of carbonyl (C=O) groups excluding carboxylic acids is 1. The Morgan fingerprint density at radius 3 is 2.83 bits per heavy atom. The molecule has 6 rings (SSSR count). The van der Waals surface area contributed by atoms with Crippen LogP contribution >= 0.6 is 0 Å². The molecule has 0 amide bonds. The highest BCUT2D eigenvalue weighted by Gasteiger charge is 2.47. The SMILES string of the molecule is CN(Cc1cccnc1)c1ccc2c(c1)C(C=O)OC21CCN(c2nc3c(c(=O)[nH]2)CCCC3)CC1. The molecular weight excluding hydrogens is 454 g/mol. The molecule has 8 nitrogen and oxygen atoms in total. The van der Waals surface area contributed by atoms with Crippen molar-refractivity contribution < 1.29 is 9.53 Å². The Balaban J connectivity index is 1.22. The van der Waals surface area contributed by atoms with Gasteiger partial charge in [0.25, 0.3) is 5.56 Å². The molecule has 0 bridgehead atoms. The first-order valence-electron chi connectivity index (χ1n) is 12.8. The monoisotopic (exact) mass is 485 g/mol. The minimum Gasteiger partial charge on any atom is -0.370 e. The number of aromatic amines is 1. The Morgan fingerprint density at radius 1 is 1.22 bits per heavy atom.